The summed E-state index contributed by atoms with van der Waals surface area (Å²) in [4.78, 5) is 0. The molecule has 2 fully saturated rings. The first-order chi connectivity index (χ1) is 6.31. The van der Waals surface area contributed by atoms with Crippen molar-refractivity contribution >= 4 is 0 Å². The Hall–Kier alpha value is -0.0800. The quantitative estimate of drug-likeness (QED) is 0.706. The van der Waals surface area contributed by atoms with Gasteiger partial charge in [-0.1, -0.05) is 6.92 Å². The highest BCUT2D eigenvalue weighted by molar-refractivity contribution is 4.90. The third kappa shape index (κ3) is 1.89. The first-order valence-corrected chi connectivity index (χ1v) is 5.70. The predicted octanol–water partition coefficient (Wildman–Crippen LogP) is 1.94. The second-order valence-corrected chi connectivity index (χ2v) is 4.48. The summed E-state index contributed by atoms with van der Waals surface area (Å²) in [5.74, 6) is 0.787. The maximum absolute atomic E-state index is 5.94. The van der Waals surface area contributed by atoms with Crippen molar-refractivity contribution in [2.24, 2.45) is 5.92 Å². The van der Waals surface area contributed by atoms with Gasteiger partial charge in [0.05, 0.1) is 12.2 Å². The van der Waals surface area contributed by atoms with Crippen LogP contribution in [-0.4, -0.2) is 24.8 Å². The van der Waals surface area contributed by atoms with Crippen molar-refractivity contribution in [3.05, 3.63) is 0 Å². The van der Waals surface area contributed by atoms with Crippen molar-refractivity contribution in [2.45, 2.75) is 57.8 Å². The molecule has 0 amide bonds. The minimum atomic E-state index is 0.503. The second kappa shape index (κ2) is 3.97. The molecule has 4 atom stereocenters. The van der Waals surface area contributed by atoms with Crippen molar-refractivity contribution in [1.82, 2.24) is 5.32 Å². The molecule has 0 spiro atoms. The fraction of sp³-hybridized carbons (Fsp3) is 1.00. The Morgan fingerprint density at radius 2 is 2.15 bits per heavy atom. The van der Waals surface area contributed by atoms with Gasteiger partial charge in [0.15, 0.2) is 0 Å². The lowest BCUT2D eigenvalue weighted by molar-refractivity contribution is 0.0154. The molecule has 0 aromatic rings. The van der Waals surface area contributed by atoms with Crippen molar-refractivity contribution in [3.63, 3.8) is 0 Å². The van der Waals surface area contributed by atoms with E-state index in [0.29, 0.717) is 12.2 Å². The van der Waals surface area contributed by atoms with Gasteiger partial charge in [-0.3, -0.25) is 0 Å². The van der Waals surface area contributed by atoms with Gasteiger partial charge >= 0.3 is 0 Å². The van der Waals surface area contributed by atoms with E-state index in [4.69, 9.17) is 4.74 Å². The van der Waals surface area contributed by atoms with E-state index < -0.39 is 0 Å². The molecule has 76 valence electrons. The molecular formula is C11H21NO. The van der Waals surface area contributed by atoms with Crippen molar-refractivity contribution in [1.29, 1.82) is 0 Å². The third-order valence-corrected chi connectivity index (χ3v) is 3.58. The molecule has 2 heteroatoms. The van der Waals surface area contributed by atoms with E-state index in [1.54, 1.807) is 0 Å². The van der Waals surface area contributed by atoms with Crippen molar-refractivity contribution < 1.29 is 4.74 Å². The molecule has 1 N–H and O–H groups in total. The van der Waals surface area contributed by atoms with Crippen LogP contribution in [-0.2, 0) is 4.74 Å². The molecule has 0 bridgehead atoms. The van der Waals surface area contributed by atoms with Crippen LogP contribution in [0.2, 0.25) is 0 Å². The van der Waals surface area contributed by atoms with Crippen LogP contribution in [0, 0.1) is 5.92 Å². The van der Waals surface area contributed by atoms with Crippen LogP contribution in [0.15, 0.2) is 0 Å². The molecule has 0 saturated carbocycles. The van der Waals surface area contributed by atoms with Gasteiger partial charge in [0.1, 0.15) is 0 Å². The smallest absolute Gasteiger partial charge is 0.0623 e. The standard InChI is InChI=1S/C11H21NO/c1-3-10-9(6-7-12-10)11-5-4-8(2)13-11/h8-12H,3-7H2,1-2H3. The van der Waals surface area contributed by atoms with Gasteiger partial charge in [0.25, 0.3) is 0 Å². The number of nitrogens with one attached hydrogen (secondary N) is 1. The SMILES string of the molecule is CCC1NCCC1C1CCC(C)O1. The summed E-state index contributed by atoms with van der Waals surface area (Å²) in [6, 6.07) is 0.718. The molecule has 0 aliphatic carbocycles. The number of rotatable bonds is 2. The maximum atomic E-state index is 5.94. The normalized spacial score (nSPS) is 45.7. The van der Waals surface area contributed by atoms with Crippen LogP contribution in [0.4, 0.5) is 0 Å². The van der Waals surface area contributed by atoms with Crippen LogP contribution < -0.4 is 5.32 Å². The minimum Gasteiger partial charge on any atom is -0.375 e. The molecular weight excluding hydrogens is 162 g/mol. The zero-order valence-electron chi connectivity index (χ0n) is 8.75. The van der Waals surface area contributed by atoms with E-state index in [0.717, 1.165) is 12.0 Å². The summed E-state index contributed by atoms with van der Waals surface area (Å²) in [6.07, 6.45) is 6.16. The van der Waals surface area contributed by atoms with E-state index in [2.05, 4.69) is 19.2 Å². The fourth-order valence-corrected chi connectivity index (χ4v) is 2.83. The van der Waals surface area contributed by atoms with Crippen LogP contribution in [0.3, 0.4) is 0 Å². The highest BCUT2D eigenvalue weighted by atomic mass is 16.5. The van der Waals surface area contributed by atoms with E-state index in [9.17, 15) is 0 Å². The average Bonchev–Trinajstić information content (AvgIpc) is 2.71. The van der Waals surface area contributed by atoms with Crippen molar-refractivity contribution in [2.75, 3.05) is 6.54 Å². The lowest BCUT2D eigenvalue weighted by atomic mass is 9.91. The zero-order valence-corrected chi connectivity index (χ0v) is 8.75. The summed E-state index contributed by atoms with van der Waals surface area (Å²) in [7, 11) is 0. The first kappa shape index (κ1) is 9.47. The van der Waals surface area contributed by atoms with E-state index in [1.165, 1.54) is 32.2 Å². The lowest BCUT2D eigenvalue weighted by Crippen LogP contribution is -2.33. The summed E-state index contributed by atoms with van der Waals surface area (Å²) >= 11 is 0. The van der Waals surface area contributed by atoms with Crippen LogP contribution in [0.25, 0.3) is 0 Å². The number of hydrogen-bond donors (Lipinski definition) is 1. The highest BCUT2D eigenvalue weighted by Crippen LogP contribution is 2.32. The Bertz CT molecular complexity index is 171. The van der Waals surface area contributed by atoms with Crippen molar-refractivity contribution in [3.8, 4) is 0 Å². The molecule has 2 aliphatic rings. The molecule has 2 rings (SSSR count). The molecule has 2 heterocycles. The second-order valence-electron chi connectivity index (χ2n) is 4.48. The molecule has 13 heavy (non-hydrogen) atoms. The Labute approximate surface area is 81.0 Å². The Morgan fingerprint density at radius 3 is 2.77 bits per heavy atom. The van der Waals surface area contributed by atoms with E-state index >= 15 is 0 Å². The Morgan fingerprint density at radius 1 is 1.31 bits per heavy atom. The lowest BCUT2D eigenvalue weighted by Gasteiger charge is -2.24. The molecule has 0 aromatic carbocycles. The van der Waals surface area contributed by atoms with Gasteiger partial charge in [-0.05, 0) is 39.2 Å². The number of hydrogen-bond acceptors (Lipinski definition) is 2. The molecule has 2 saturated heterocycles. The molecule has 0 aromatic heterocycles. The van der Waals surface area contributed by atoms with Crippen LogP contribution >= 0.6 is 0 Å². The van der Waals surface area contributed by atoms with E-state index in [1.807, 2.05) is 0 Å². The zero-order chi connectivity index (χ0) is 9.26. The first-order valence-electron chi connectivity index (χ1n) is 5.70. The topological polar surface area (TPSA) is 21.3 Å². The van der Waals surface area contributed by atoms with Gasteiger partial charge in [-0.25, -0.2) is 0 Å². The summed E-state index contributed by atoms with van der Waals surface area (Å²) in [6.45, 7) is 5.66. The Balaban J connectivity index is 1.92. The predicted molar refractivity (Wildman–Crippen MR) is 53.8 cm³/mol. The van der Waals surface area contributed by atoms with Gasteiger partial charge in [-0.15, -0.1) is 0 Å². The summed E-state index contributed by atoms with van der Waals surface area (Å²) in [5, 5.41) is 3.57. The summed E-state index contributed by atoms with van der Waals surface area (Å²) in [5.41, 5.74) is 0. The average molecular weight is 183 g/mol. The molecule has 4 unspecified atom stereocenters. The Kier molecular flexibility index (Phi) is 2.89. The minimum absolute atomic E-state index is 0.503. The van der Waals surface area contributed by atoms with Gasteiger partial charge in [-0.2, -0.15) is 0 Å². The molecule has 2 nitrogen and oxygen atoms in total. The van der Waals surface area contributed by atoms with Crippen LogP contribution in [0.5, 0.6) is 0 Å². The largest absolute Gasteiger partial charge is 0.375 e. The highest BCUT2D eigenvalue weighted by Gasteiger charge is 2.36. The fourth-order valence-electron chi connectivity index (χ4n) is 2.83. The molecule has 0 radical (unpaired) electrons. The maximum Gasteiger partial charge on any atom is 0.0623 e. The van der Waals surface area contributed by atoms with Crippen LogP contribution in [0.1, 0.15) is 39.5 Å². The number of ether oxygens (including phenoxy) is 1. The third-order valence-electron chi connectivity index (χ3n) is 3.58. The van der Waals surface area contributed by atoms with E-state index in [-0.39, 0.29) is 0 Å². The van der Waals surface area contributed by atoms with Gasteiger partial charge in [0.2, 0.25) is 0 Å². The van der Waals surface area contributed by atoms with Gasteiger partial charge in [0, 0.05) is 12.0 Å². The van der Waals surface area contributed by atoms with Gasteiger partial charge < -0.3 is 10.1 Å². The summed E-state index contributed by atoms with van der Waals surface area (Å²) < 4.78 is 5.94. The monoisotopic (exact) mass is 183 g/mol. The molecule has 2 aliphatic heterocycles.